The van der Waals surface area contributed by atoms with E-state index in [9.17, 15) is 19.8 Å². The van der Waals surface area contributed by atoms with E-state index in [1.807, 2.05) is 104 Å². The Morgan fingerprint density at radius 1 is 0.938 bits per heavy atom. The molecule has 0 saturated carbocycles. The van der Waals surface area contributed by atoms with E-state index in [0.29, 0.717) is 53.0 Å². The number of hydrogen-bond donors (Lipinski definition) is 3. The topological polar surface area (TPSA) is 129 Å². The maximum Gasteiger partial charge on any atom is 0.279 e. The van der Waals surface area contributed by atoms with Crippen LogP contribution in [0.4, 0.5) is 5.69 Å². The van der Waals surface area contributed by atoms with Crippen molar-refractivity contribution in [3.8, 4) is 5.69 Å². The van der Waals surface area contributed by atoms with Crippen LogP contribution in [0.3, 0.4) is 0 Å². The molecule has 3 N–H and O–H groups in total. The smallest absolute Gasteiger partial charge is 0.279 e. The van der Waals surface area contributed by atoms with Crippen LogP contribution in [0, 0.1) is 5.92 Å². The number of aromatic nitrogens is 5. The van der Waals surface area contributed by atoms with E-state index in [2.05, 4.69) is 15.4 Å². The Bertz CT molecular complexity index is 2150. The second kappa shape index (κ2) is 12.9. The van der Waals surface area contributed by atoms with Gasteiger partial charge in [-0.05, 0) is 47.9 Å². The summed E-state index contributed by atoms with van der Waals surface area (Å²) in [6, 6.07) is 32.0. The van der Waals surface area contributed by atoms with E-state index in [1.54, 1.807) is 33.8 Å². The largest absolute Gasteiger partial charge is 0.395 e. The van der Waals surface area contributed by atoms with Gasteiger partial charge in [0.15, 0.2) is 5.60 Å². The van der Waals surface area contributed by atoms with Crippen LogP contribution >= 0.6 is 0 Å². The molecule has 3 heterocycles. The summed E-state index contributed by atoms with van der Waals surface area (Å²) < 4.78 is 3.17. The van der Waals surface area contributed by atoms with Crippen LogP contribution in [0.1, 0.15) is 41.6 Å². The van der Waals surface area contributed by atoms with Gasteiger partial charge in [0.2, 0.25) is 0 Å². The van der Waals surface area contributed by atoms with Crippen molar-refractivity contribution in [3.05, 3.63) is 154 Å². The van der Waals surface area contributed by atoms with E-state index < -0.39 is 17.4 Å². The van der Waals surface area contributed by atoms with Crippen molar-refractivity contribution in [2.75, 3.05) is 11.5 Å². The van der Waals surface area contributed by atoms with Crippen molar-refractivity contribution in [1.82, 2.24) is 24.8 Å². The molecule has 6 aromatic rings. The van der Waals surface area contributed by atoms with Crippen LogP contribution in [0.25, 0.3) is 16.6 Å². The molecule has 1 aliphatic heterocycles. The van der Waals surface area contributed by atoms with E-state index >= 15 is 0 Å². The first kappa shape index (κ1) is 31.0. The molecule has 1 amide bonds. The molecular formula is C38H36N6O4. The molecule has 2 aromatic heterocycles. The van der Waals surface area contributed by atoms with Gasteiger partial charge >= 0.3 is 0 Å². The molecule has 0 saturated heterocycles. The fourth-order valence-corrected chi connectivity index (χ4v) is 6.52. The highest BCUT2D eigenvalue weighted by Gasteiger charge is 2.52. The molecule has 0 aliphatic carbocycles. The maximum absolute atomic E-state index is 14.2. The third-order valence-corrected chi connectivity index (χ3v) is 9.19. The molecule has 0 radical (unpaired) electrons. The van der Waals surface area contributed by atoms with Crippen molar-refractivity contribution < 1.29 is 15.0 Å². The van der Waals surface area contributed by atoms with Gasteiger partial charge in [0.25, 0.3) is 11.5 Å². The number of fused-ring (bicyclic) bond motifs is 2. The highest BCUT2D eigenvalue weighted by molar-refractivity contribution is 6.07. The van der Waals surface area contributed by atoms with Crippen LogP contribution in [0.15, 0.2) is 126 Å². The van der Waals surface area contributed by atoms with E-state index in [1.165, 1.54) is 4.68 Å². The standard InChI is InChI=1S/C38H36N6O4/c1-26(12-10-11-21-42-24-34(39-41-42)31(25-45)28-15-6-3-7-16-28)38(48)32-22-29(44-36(46)30-17-8-9-18-33(30)40-44)19-20-35(32)43(37(38)47)23-27-13-4-2-5-14-27/h2-10,12-20,22,24,26,31,40,45,48H,11,21,23,25H2,1H3/b12-10+/t26-,31?,38+/m0/s1. The van der Waals surface area contributed by atoms with Gasteiger partial charge in [-0.3, -0.25) is 19.4 Å². The molecule has 10 nitrogen and oxygen atoms in total. The monoisotopic (exact) mass is 640 g/mol. The van der Waals surface area contributed by atoms with Gasteiger partial charge in [-0.1, -0.05) is 97.1 Å². The van der Waals surface area contributed by atoms with Crippen LogP contribution in [-0.4, -0.2) is 47.5 Å². The summed E-state index contributed by atoms with van der Waals surface area (Å²) in [7, 11) is 0. The fraction of sp³-hybridized carbons (Fsp3) is 0.211. The summed E-state index contributed by atoms with van der Waals surface area (Å²) in [5.74, 6) is -1.28. The summed E-state index contributed by atoms with van der Waals surface area (Å²) in [6.45, 7) is 2.57. The van der Waals surface area contributed by atoms with Crippen LogP contribution in [0.2, 0.25) is 0 Å². The number of aromatic amines is 1. The Morgan fingerprint density at radius 2 is 1.67 bits per heavy atom. The molecule has 1 aliphatic rings. The molecule has 4 aromatic carbocycles. The third kappa shape index (κ3) is 5.55. The lowest BCUT2D eigenvalue weighted by Gasteiger charge is -2.28. The Morgan fingerprint density at radius 3 is 2.42 bits per heavy atom. The number of aliphatic hydroxyl groups is 2. The van der Waals surface area contributed by atoms with Gasteiger partial charge in [-0.15, -0.1) is 5.10 Å². The minimum atomic E-state index is -1.86. The predicted molar refractivity (Wildman–Crippen MR) is 184 cm³/mol. The highest BCUT2D eigenvalue weighted by Crippen LogP contribution is 2.46. The molecule has 0 fully saturated rings. The van der Waals surface area contributed by atoms with Crippen molar-refractivity contribution in [1.29, 1.82) is 0 Å². The number of aryl methyl sites for hydroxylation is 1. The van der Waals surface area contributed by atoms with Crippen LogP contribution in [-0.2, 0) is 23.5 Å². The van der Waals surface area contributed by atoms with E-state index in [-0.39, 0.29) is 18.1 Å². The number of rotatable bonds is 11. The Kier molecular flexibility index (Phi) is 8.34. The number of nitrogens with zero attached hydrogens (tertiary/aromatic N) is 5. The zero-order chi connectivity index (χ0) is 33.3. The van der Waals surface area contributed by atoms with Crippen LogP contribution < -0.4 is 10.5 Å². The van der Waals surface area contributed by atoms with Gasteiger partial charge in [0.05, 0.1) is 47.0 Å². The molecule has 0 bridgehead atoms. The lowest BCUT2D eigenvalue weighted by molar-refractivity contribution is -0.139. The first-order valence-electron chi connectivity index (χ1n) is 16.0. The summed E-state index contributed by atoms with van der Waals surface area (Å²) in [5.41, 5.74) is 2.78. The first-order chi connectivity index (χ1) is 23.4. The number of carbonyl (C=O) groups excluding carboxylic acids is 1. The minimum Gasteiger partial charge on any atom is -0.395 e. The second-order valence-corrected chi connectivity index (χ2v) is 12.2. The zero-order valence-electron chi connectivity index (χ0n) is 26.5. The maximum atomic E-state index is 14.2. The number of H-pyrrole nitrogens is 1. The van der Waals surface area contributed by atoms with Crippen molar-refractivity contribution in [3.63, 3.8) is 0 Å². The number of carbonyl (C=O) groups is 1. The number of anilines is 1. The summed E-state index contributed by atoms with van der Waals surface area (Å²) in [5, 5.41) is 34.6. The molecule has 3 atom stereocenters. The molecule has 1 unspecified atom stereocenters. The average molecular weight is 641 g/mol. The fourth-order valence-electron chi connectivity index (χ4n) is 6.52. The van der Waals surface area contributed by atoms with Crippen molar-refractivity contribution in [2.45, 2.75) is 38.0 Å². The van der Waals surface area contributed by atoms with E-state index in [4.69, 9.17) is 0 Å². The lowest BCUT2D eigenvalue weighted by Crippen LogP contribution is -2.44. The van der Waals surface area contributed by atoms with Gasteiger partial charge < -0.3 is 15.1 Å². The van der Waals surface area contributed by atoms with Crippen molar-refractivity contribution in [2.24, 2.45) is 5.92 Å². The Labute approximate surface area is 277 Å². The Balaban J connectivity index is 1.15. The predicted octanol–water partition coefficient (Wildman–Crippen LogP) is 5.05. The number of aliphatic hydroxyl groups excluding tert-OH is 1. The molecule has 242 valence electrons. The van der Waals surface area contributed by atoms with Gasteiger partial charge in [0, 0.05) is 24.2 Å². The number of hydrogen-bond acceptors (Lipinski definition) is 6. The van der Waals surface area contributed by atoms with Gasteiger partial charge in [-0.25, -0.2) is 4.68 Å². The normalized spacial score (nSPS) is 17.3. The summed E-state index contributed by atoms with van der Waals surface area (Å²) >= 11 is 0. The number of para-hydroxylation sites is 1. The number of nitrogens with one attached hydrogen (secondary N) is 1. The number of amides is 1. The number of allylic oxidation sites excluding steroid dienone is 1. The molecule has 0 spiro atoms. The first-order valence-corrected chi connectivity index (χ1v) is 16.0. The SMILES string of the molecule is C[C@@H](/C=C/CCn1cc(C(CO)c2ccccc2)nn1)[C@]1(O)C(=O)N(Cc2ccccc2)c2ccc(-n3[nH]c4ccccc4c3=O)cc21. The summed E-state index contributed by atoms with van der Waals surface area (Å²) in [6.07, 6.45) is 6.21. The zero-order valence-corrected chi connectivity index (χ0v) is 26.5. The Hall–Kier alpha value is -5.58. The second-order valence-electron chi connectivity index (χ2n) is 12.2. The summed E-state index contributed by atoms with van der Waals surface area (Å²) in [4.78, 5) is 29.1. The third-order valence-electron chi connectivity index (χ3n) is 9.19. The molecule has 10 heteroatoms. The molecule has 48 heavy (non-hydrogen) atoms. The lowest BCUT2D eigenvalue weighted by atomic mass is 9.82. The van der Waals surface area contributed by atoms with E-state index in [0.717, 1.165) is 11.1 Å². The van der Waals surface area contributed by atoms with Gasteiger partial charge in [-0.2, -0.15) is 0 Å². The molecule has 7 rings (SSSR count). The quantitative estimate of drug-likeness (QED) is 0.170. The number of benzene rings is 4. The molecular weight excluding hydrogens is 604 g/mol. The van der Waals surface area contributed by atoms with Crippen LogP contribution in [0.5, 0.6) is 0 Å². The van der Waals surface area contributed by atoms with Gasteiger partial charge in [0.1, 0.15) is 0 Å². The minimum absolute atomic E-state index is 0.0773. The highest BCUT2D eigenvalue weighted by atomic mass is 16.3. The average Bonchev–Trinajstić information content (AvgIpc) is 3.78. The van der Waals surface area contributed by atoms with Crippen molar-refractivity contribution >= 4 is 22.5 Å².